The highest BCUT2D eigenvalue weighted by Crippen LogP contribution is 2.37. The van der Waals surface area contributed by atoms with E-state index in [2.05, 4.69) is 5.92 Å². The van der Waals surface area contributed by atoms with Gasteiger partial charge in [-0.25, -0.2) is 4.39 Å². The van der Waals surface area contributed by atoms with Crippen molar-refractivity contribution in [2.45, 2.75) is 24.8 Å². The van der Waals surface area contributed by atoms with Gasteiger partial charge in [0.1, 0.15) is 5.82 Å². The minimum absolute atomic E-state index is 0.160. The van der Waals surface area contributed by atoms with Crippen LogP contribution < -0.4 is 5.73 Å². The van der Waals surface area contributed by atoms with Gasteiger partial charge in [-0.15, -0.1) is 12.3 Å². The third kappa shape index (κ3) is 1.21. The van der Waals surface area contributed by atoms with E-state index in [9.17, 15) is 4.39 Å². The van der Waals surface area contributed by atoms with Gasteiger partial charge >= 0.3 is 0 Å². The van der Waals surface area contributed by atoms with Crippen LogP contribution in [0.5, 0.6) is 0 Å². The largest absolute Gasteiger partial charge is 0.321 e. The van der Waals surface area contributed by atoms with E-state index in [1.165, 1.54) is 6.07 Å². The SMILES string of the molecule is C#CCC1(N)CCc2c(F)cccc21. The van der Waals surface area contributed by atoms with Crippen LogP contribution >= 0.6 is 0 Å². The summed E-state index contributed by atoms with van der Waals surface area (Å²) in [7, 11) is 0. The maximum Gasteiger partial charge on any atom is 0.126 e. The lowest BCUT2D eigenvalue weighted by Crippen LogP contribution is -2.33. The third-order valence-electron chi connectivity index (χ3n) is 2.89. The fourth-order valence-electron chi connectivity index (χ4n) is 2.13. The molecule has 72 valence electrons. The van der Waals surface area contributed by atoms with Crippen LogP contribution in [0.2, 0.25) is 0 Å². The Balaban J connectivity index is 2.50. The van der Waals surface area contributed by atoms with E-state index in [1.807, 2.05) is 6.07 Å². The Morgan fingerprint density at radius 1 is 1.57 bits per heavy atom. The Hall–Kier alpha value is -1.33. The van der Waals surface area contributed by atoms with Gasteiger partial charge in [-0.3, -0.25) is 0 Å². The molecule has 0 heterocycles. The van der Waals surface area contributed by atoms with Gasteiger partial charge in [0.25, 0.3) is 0 Å². The minimum atomic E-state index is -0.508. The standard InChI is InChI=1S/C12H12FN/c1-2-7-12(14)8-6-9-10(12)4-3-5-11(9)13/h1,3-5H,6-8,14H2. The average molecular weight is 189 g/mol. The van der Waals surface area contributed by atoms with Crippen molar-refractivity contribution in [3.05, 3.63) is 35.1 Å². The van der Waals surface area contributed by atoms with Crippen molar-refractivity contribution in [2.75, 3.05) is 0 Å². The van der Waals surface area contributed by atoms with E-state index in [-0.39, 0.29) is 5.82 Å². The summed E-state index contributed by atoms with van der Waals surface area (Å²) >= 11 is 0. The lowest BCUT2D eigenvalue weighted by atomic mass is 9.90. The first kappa shape index (κ1) is 9.23. The second kappa shape index (κ2) is 3.11. The number of hydrogen-bond donors (Lipinski definition) is 1. The molecule has 1 nitrogen and oxygen atoms in total. The average Bonchev–Trinajstić information content (AvgIpc) is 2.47. The number of benzene rings is 1. The molecule has 0 bridgehead atoms. The van der Waals surface area contributed by atoms with Crippen molar-refractivity contribution in [1.82, 2.24) is 0 Å². The highest BCUT2D eigenvalue weighted by Gasteiger charge is 2.35. The van der Waals surface area contributed by atoms with Crippen LogP contribution in [-0.2, 0) is 12.0 Å². The predicted molar refractivity (Wildman–Crippen MR) is 54.0 cm³/mol. The molecule has 0 saturated carbocycles. The quantitative estimate of drug-likeness (QED) is 0.671. The van der Waals surface area contributed by atoms with Crippen LogP contribution in [0.4, 0.5) is 4.39 Å². The maximum absolute atomic E-state index is 13.4. The number of terminal acetylenes is 1. The first-order valence-corrected chi connectivity index (χ1v) is 4.67. The normalized spacial score (nSPS) is 24.4. The molecule has 2 heteroatoms. The van der Waals surface area contributed by atoms with Crippen molar-refractivity contribution < 1.29 is 4.39 Å². The molecule has 0 spiro atoms. The molecule has 0 saturated heterocycles. The molecule has 0 radical (unpaired) electrons. The second-order valence-electron chi connectivity index (χ2n) is 3.80. The van der Waals surface area contributed by atoms with Gasteiger partial charge in [0, 0.05) is 6.42 Å². The molecule has 1 aromatic rings. The van der Waals surface area contributed by atoms with Gasteiger partial charge in [-0.05, 0) is 30.0 Å². The first-order valence-electron chi connectivity index (χ1n) is 4.67. The molecule has 0 amide bonds. The van der Waals surface area contributed by atoms with Crippen LogP contribution in [0.15, 0.2) is 18.2 Å². The van der Waals surface area contributed by atoms with Gasteiger partial charge in [-0.1, -0.05) is 12.1 Å². The van der Waals surface area contributed by atoms with Crippen LogP contribution in [0.1, 0.15) is 24.0 Å². The molecular weight excluding hydrogens is 177 g/mol. The molecule has 1 aliphatic rings. The van der Waals surface area contributed by atoms with Crippen LogP contribution in [0.25, 0.3) is 0 Å². The Bertz CT molecular complexity index is 405. The van der Waals surface area contributed by atoms with E-state index in [4.69, 9.17) is 12.2 Å². The van der Waals surface area contributed by atoms with Crippen LogP contribution in [0.3, 0.4) is 0 Å². The van der Waals surface area contributed by atoms with Crippen molar-refractivity contribution in [1.29, 1.82) is 0 Å². The molecule has 1 aromatic carbocycles. The topological polar surface area (TPSA) is 26.0 Å². The molecule has 1 atom stereocenters. The van der Waals surface area contributed by atoms with Gasteiger partial charge in [0.2, 0.25) is 0 Å². The Kier molecular flexibility index (Phi) is 2.05. The van der Waals surface area contributed by atoms with E-state index in [0.717, 1.165) is 17.5 Å². The summed E-state index contributed by atoms with van der Waals surface area (Å²) in [5.74, 6) is 2.40. The summed E-state index contributed by atoms with van der Waals surface area (Å²) < 4.78 is 13.4. The van der Waals surface area contributed by atoms with Crippen LogP contribution in [-0.4, -0.2) is 0 Å². The number of hydrogen-bond acceptors (Lipinski definition) is 1. The fourth-order valence-corrected chi connectivity index (χ4v) is 2.13. The summed E-state index contributed by atoms with van der Waals surface area (Å²) in [4.78, 5) is 0. The smallest absolute Gasteiger partial charge is 0.126 e. The lowest BCUT2D eigenvalue weighted by Gasteiger charge is -2.22. The zero-order valence-electron chi connectivity index (χ0n) is 7.89. The van der Waals surface area contributed by atoms with Gasteiger partial charge in [0.15, 0.2) is 0 Å². The Morgan fingerprint density at radius 3 is 3.07 bits per heavy atom. The van der Waals surface area contributed by atoms with Crippen molar-refractivity contribution in [3.8, 4) is 12.3 Å². The van der Waals surface area contributed by atoms with Gasteiger partial charge in [-0.2, -0.15) is 0 Å². The summed E-state index contributed by atoms with van der Waals surface area (Å²) in [5, 5.41) is 0. The number of halogens is 1. The van der Waals surface area contributed by atoms with Gasteiger partial charge < -0.3 is 5.73 Å². The molecule has 2 rings (SSSR count). The molecule has 0 aromatic heterocycles. The zero-order valence-corrected chi connectivity index (χ0v) is 7.89. The van der Waals surface area contributed by atoms with E-state index >= 15 is 0 Å². The summed E-state index contributed by atoms with van der Waals surface area (Å²) in [6, 6.07) is 5.04. The summed E-state index contributed by atoms with van der Waals surface area (Å²) in [5.41, 5.74) is 7.26. The molecular formula is C12H12FN. The summed E-state index contributed by atoms with van der Waals surface area (Å²) in [6.45, 7) is 0. The molecule has 0 aliphatic heterocycles. The van der Waals surface area contributed by atoms with Gasteiger partial charge in [0.05, 0.1) is 5.54 Å². The first-order chi connectivity index (χ1) is 6.67. The second-order valence-corrected chi connectivity index (χ2v) is 3.80. The summed E-state index contributed by atoms with van der Waals surface area (Å²) in [6.07, 6.45) is 7.18. The molecule has 1 unspecified atom stereocenters. The van der Waals surface area contributed by atoms with Crippen molar-refractivity contribution in [2.24, 2.45) is 5.73 Å². The highest BCUT2D eigenvalue weighted by atomic mass is 19.1. The minimum Gasteiger partial charge on any atom is -0.321 e. The highest BCUT2D eigenvalue weighted by molar-refractivity contribution is 5.40. The zero-order chi connectivity index (χ0) is 10.2. The van der Waals surface area contributed by atoms with E-state index in [1.54, 1.807) is 6.07 Å². The molecule has 0 fully saturated rings. The number of rotatable bonds is 1. The molecule has 2 N–H and O–H groups in total. The molecule has 14 heavy (non-hydrogen) atoms. The monoisotopic (exact) mass is 189 g/mol. The maximum atomic E-state index is 13.4. The predicted octanol–water partition coefficient (Wildman–Crippen LogP) is 1.95. The molecule has 1 aliphatic carbocycles. The Morgan fingerprint density at radius 2 is 2.36 bits per heavy atom. The third-order valence-corrected chi connectivity index (χ3v) is 2.89. The van der Waals surface area contributed by atoms with Crippen molar-refractivity contribution >= 4 is 0 Å². The van der Waals surface area contributed by atoms with Crippen LogP contribution in [0, 0.1) is 18.2 Å². The fraction of sp³-hybridized carbons (Fsp3) is 0.333. The van der Waals surface area contributed by atoms with E-state index < -0.39 is 5.54 Å². The van der Waals surface area contributed by atoms with E-state index in [0.29, 0.717) is 12.8 Å². The van der Waals surface area contributed by atoms with Crippen molar-refractivity contribution in [3.63, 3.8) is 0 Å². The lowest BCUT2D eigenvalue weighted by molar-refractivity contribution is 0.454. The number of nitrogens with two attached hydrogens (primary N) is 1. The number of fused-ring (bicyclic) bond motifs is 1. The Labute approximate surface area is 83.1 Å².